The van der Waals surface area contributed by atoms with Gasteiger partial charge in [-0.25, -0.2) is 0 Å². The van der Waals surface area contributed by atoms with Crippen molar-refractivity contribution in [3.05, 3.63) is 37.9 Å². The number of benzene rings is 1. The first-order valence-corrected chi connectivity index (χ1v) is 6.65. The average Bonchev–Trinajstić information content (AvgIpc) is 2.38. The molecule has 0 aliphatic heterocycles. The second-order valence-corrected chi connectivity index (χ2v) is 4.81. The van der Waals surface area contributed by atoms with Crippen LogP contribution in [0.2, 0.25) is 10.0 Å². The zero-order valence-corrected chi connectivity index (χ0v) is 12.5. The van der Waals surface area contributed by atoms with Gasteiger partial charge in [0.1, 0.15) is 5.02 Å². The van der Waals surface area contributed by atoms with Gasteiger partial charge in [-0.3, -0.25) is 14.9 Å². The standard InChI is InChI=1S/C12H14Cl2N2O4/c1-3-20-7(2)6-15-12(17)8-4-9(13)11(14)10(5-8)16(18)19/h4-5,7H,3,6H2,1-2H3,(H,15,17). The maximum absolute atomic E-state index is 11.9. The highest BCUT2D eigenvalue weighted by Gasteiger charge is 2.20. The molecule has 1 N–H and O–H groups in total. The van der Waals surface area contributed by atoms with E-state index in [1.54, 1.807) is 6.92 Å². The lowest BCUT2D eigenvalue weighted by molar-refractivity contribution is -0.384. The predicted molar refractivity (Wildman–Crippen MR) is 76.5 cm³/mol. The Bertz CT molecular complexity index is 522. The van der Waals surface area contributed by atoms with Gasteiger partial charge >= 0.3 is 0 Å². The zero-order chi connectivity index (χ0) is 15.3. The molecule has 8 heteroatoms. The van der Waals surface area contributed by atoms with Crippen LogP contribution in [-0.4, -0.2) is 30.1 Å². The molecule has 0 aliphatic carbocycles. The highest BCUT2D eigenvalue weighted by molar-refractivity contribution is 6.43. The summed E-state index contributed by atoms with van der Waals surface area (Å²) in [5, 5.41) is 13.2. The topological polar surface area (TPSA) is 81.5 Å². The van der Waals surface area contributed by atoms with E-state index in [-0.39, 0.29) is 21.7 Å². The minimum absolute atomic E-state index is 0.0381. The third-order valence-corrected chi connectivity index (χ3v) is 3.26. The van der Waals surface area contributed by atoms with E-state index in [9.17, 15) is 14.9 Å². The summed E-state index contributed by atoms with van der Waals surface area (Å²) in [5.74, 6) is -0.474. The van der Waals surface area contributed by atoms with Crippen LogP contribution in [0.4, 0.5) is 5.69 Å². The van der Waals surface area contributed by atoms with Crippen molar-refractivity contribution >= 4 is 34.8 Å². The van der Waals surface area contributed by atoms with E-state index in [4.69, 9.17) is 27.9 Å². The van der Waals surface area contributed by atoms with Crippen molar-refractivity contribution in [2.45, 2.75) is 20.0 Å². The molecule has 1 atom stereocenters. The van der Waals surface area contributed by atoms with Crippen LogP contribution in [0, 0.1) is 10.1 Å². The number of rotatable bonds is 6. The normalized spacial score (nSPS) is 12.0. The summed E-state index contributed by atoms with van der Waals surface area (Å²) in [7, 11) is 0. The lowest BCUT2D eigenvalue weighted by atomic mass is 10.2. The first kappa shape index (κ1) is 16.7. The largest absolute Gasteiger partial charge is 0.377 e. The van der Waals surface area contributed by atoms with Crippen LogP contribution < -0.4 is 5.32 Å². The van der Waals surface area contributed by atoms with Crippen molar-refractivity contribution in [1.29, 1.82) is 0 Å². The number of ether oxygens (including phenoxy) is 1. The number of halogens is 2. The molecule has 0 saturated carbocycles. The van der Waals surface area contributed by atoms with Crippen molar-refractivity contribution < 1.29 is 14.5 Å². The van der Waals surface area contributed by atoms with E-state index in [1.807, 2.05) is 6.92 Å². The Morgan fingerprint density at radius 2 is 2.15 bits per heavy atom. The quantitative estimate of drug-likeness (QED) is 0.645. The van der Waals surface area contributed by atoms with Gasteiger partial charge in [0.15, 0.2) is 0 Å². The van der Waals surface area contributed by atoms with Crippen LogP contribution in [-0.2, 0) is 4.74 Å². The monoisotopic (exact) mass is 320 g/mol. The fourth-order valence-electron chi connectivity index (χ4n) is 1.52. The van der Waals surface area contributed by atoms with Crippen molar-refractivity contribution in [2.75, 3.05) is 13.2 Å². The first-order valence-electron chi connectivity index (χ1n) is 5.90. The van der Waals surface area contributed by atoms with Gasteiger partial charge in [-0.1, -0.05) is 23.2 Å². The van der Waals surface area contributed by atoms with Gasteiger partial charge in [0.25, 0.3) is 11.6 Å². The summed E-state index contributed by atoms with van der Waals surface area (Å²) in [6.07, 6.45) is -0.151. The predicted octanol–water partition coefficient (Wildman–Crippen LogP) is 3.06. The SMILES string of the molecule is CCOC(C)CNC(=O)c1cc(Cl)c(Cl)c([N+](=O)[O-])c1. The minimum atomic E-state index is -0.687. The second kappa shape index (κ2) is 7.42. The van der Waals surface area contributed by atoms with E-state index in [1.165, 1.54) is 6.07 Å². The molecule has 6 nitrogen and oxygen atoms in total. The summed E-state index contributed by atoms with van der Waals surface area (Å²) in [6.45, 7) is 4.48. The number of hydrogen-bond donors (Lipinski definition) is 1. The van der Waals surface area contributed by atoms with Crippen LogP contribution in [0.15, 0.2) is 12.1 Å². The van der Waals surface area contributed by atoms with Crippen molar-refractivity contribution in [3.63, 3.8) is 0 Å². The Kier molecular flexibility index (Phi) is 6.19. The van der Waals surface area contributed by atoms with E-state index < -0.39 is 16.5 Å². The number of nitro groups is 1. The number of carbonyl (C=O) groups is 1. The second-order valence-electron chi connectivity index (χ2n) is 4.02. The number of nitrogens with zero attached hydrogens (tertiary/aromatic N) is 1. The van der Waals surface area contributed by atoms with Crippen LogP contribution >= 0.6 is 23.2 Å². The number of nitro benzene ring substituents is 1. The number of carbonyl (C=O) groups excluding carboxylic acids is 1. The molecule has 0 spiro atoms. The summed E-state index contributed by atoms with van der Waals surface area (Å²) >= 11 is 11.5. The number of nitrogens with one attached hydrogen (secondary N) is 1. The first-order chi connectivity index (χ1) is 9.36. The van der Waals surface area contributed by atoms with Gasteiger partial charge in [0, 0.05) is 24.8 Å². The fourth-order valence-corrected chi connectivity index (χ4v) is 1.91. The van der Waals surface area contributed by atoms with E-state index in [0.717, 1.165) is 6.07 Å². The molecular formula is C12H14Cl2N2O4. The Balaban J connectivity index is 2.86. The maximum Gasteiger partial charge on any atom is 0.290 e. The number of amides is 1. The average molecular weight is 321 g/mol. The molecule has 1 rings (SSSR count). The molecule has 1 amide bonds. The van der Waals surface area contributed by atoms with Crippen molar-refractivity contribution in [1.82, 2.24) is 5.32 Å². The summed E-state index contributed by atoms with van der Waals surface area (Å²) in [5.41, 5.74) is -0.322. The summed E-state index contributed by atoms with van der Waals surface area (Å²) in [6, 6.07) is 2.38. The molecule has 0 saturated heterocycles. The van der Waals surface area contributed by atoms with Crippen molar-refractivity contribution in [3.8, 4) is 0 Å². The Morgan fingerprint density at radius 1 is 1.50 bits per heavy atom. The maximum atomic E-state index is 11.9. The Labute approximate surface area is 126 Å². The molecule has 0 aromatic heterocycles. The highest BCUT2D eigenvalue weighted by atomic mass is 35.5. The third-order valence-electron chi connectivity index (χ3n) is 2.47. The van der Waals surface area contributed by atoms with Crippen LogP contribution in [0.3, 0.4) is 0 Å². The molecule has 0 heterocycles. The van der Waals surface area contributed by atoms with Gasteiger partial charge in [0.2, 0.25) is 0 Å². The molecule has 1 aromatic rings. The molecule has 1 aromatic carbocycles. The van der Waals surface area contributed by atoms with Crippen LogP contribution in [0.1, 0.15) is 24.2 Å². The van der Waals surface area contributed by atoms with Gasteiger partial charge < -0.3 is 10.1 Å². The molecule has 1 unspecified atom stereocenters. The molecule has 20 heavy (non-hydrogen) atoms. The van der Waals surface area contributed by atoms with E-state index in [2.05, 4.69) is 5.32 Å². The minimum Gasteiger partial charge on any atom is -0.377 e. The lowest BCUT2D eigenvalue weighted by Gasteiger charge is -2.12. The molecule has 110 valence electrons. The van der Waals surface area contributed by atoms with E-state index in [0.29, 0.717) is 13.2 Å². The van der Waals surface area contributed by atoms with Crippen LogP contribution in [0.5, 0.6) is 0 Å². The summed E-state index contributed by atoms with van der Waals surface area (Å²) < 4.78 is 5.26. The molecule has 0 fully saturated rings. The lowest BCUT2D eigenvalue weighted by Crippen LogP contribution is -2.32. The third kappa shape index (κ3) is 4.33. The Morgan fingerprint density at radius 3 is 2.70 bits per heavy atom. The molecule has 0 aliphatic rings. The smallest absolute Gasteiger partial charge is 0.290 e. The van der Waals surface area contributed by atoms with Gasteiger partial charge in [-0.15, -0.1) is 0 Å². The van der Waals surface area contributed by atoms with Gasteiger partial charge in [-0.05, 0) is 19.9 Å². The van der Waals surface area contributed by atoms with Crippen molar-refractivity contribution in [2.24, 2.45) is 0 Å². The van der Waals surface area contributed by atoms with E-state index >= 15 is 0 Å². The molecule has 0 bridgehead atoms. The van der Waals surface area contributed by atoms with Gasteiger partial charge in [-0.2, -0.15) is 0 Å². The summed E-state index contributed by atoms with van der Waals surface area (Å²) in [4.78, 5) is 22.0. The Hall–Kier alpha value is -1.37. The fraction of sp³-hybridized carbons (Fsp3) is 0.417. The zero-order valence-electron chi connectivity index (χ0n) is 11.0. The molecular weight excluding hydrogens is 307 g/mol. The van der Waals surface area contributed by atoms with Crippen LogP contribution in [0.25, 0.3) is 0 Å². The number of hydrogen-bond acceptors (Lipinski definition) is 4. The molecule has 0 radical (unpaired) electrons. The van der Waals surface area contributed by atoms with Gasteiger partial charge in [0.05, 0.1) is 16.0 Å². The highest BCUT2D eigenvalue weighted by Crippen LogP contribution is 2.32.